The summed E-state index contributed by atoms with van der Waals surface area (Å²) in [6.45, 7) is 4.80. The largest absolute Gasteiger partial charge is 0.493 e. The Morgan fingerprint density at radius 3 is 2.74 bits per heavy atom. The van der Waals surface area contributed by atoms with E-state index in [9.17, 15) is 5.11 Å². The van der Waals surface area contributed by atoms with Gasteiger partial charge in [0.15, 0.2) is 11.5 Å². The SMILES string of the molecule is COc1cc(CN2C[C@@H](Cc3cnccn3)[C@H](O)C2)ccc1OCc1cccc(C)c1. The number of aliphatic hydroxyl groups excluding tert-OH is 1. The van der Waals surface area contributed by atoms with Crippen molar-refractivity contribution >= 4 is 0 Å². The number of aromatic nitrogens is 2. The van der Waals surface area contributed by atoms with E-state index in [4.69, 9.17) is 9.47 Å². The lowest BCUT2D eigenvalue weighted by Gasteiger charge is -2.17. The maximum Gasteiger partial charge on any atom is 0.161 e. The van der Waals surface area contributed by atoms with Crippen LogP contribution in [0.3, 0.4) is 0 Å². The Kier molecular flexibility index (Phi) is 6.79. The average Bonchev–Trinajstić information content (AvgIpc) is 3.12. The molecule has 3 aromatic rings. The molecule has 1 N–H and O–H groups in total. The first-order valence-corrected chi connectivity index (χ1v) is 10.6. The molecule has 31 heavy (non-hydrogen) atoms. The lowest BCUT2D eigenvalue weighted by atomic mass is 10.0. The van der Waals surface area contributed by atoms with Crippen LogP contribution in [-0.2, 0) is 19.6 Å². The summed E-state index contributed by atoms with van der Waals surface area (Å²) in [5.41, 5.74) is 4.40. The third-order valence-electron chi connectivity index (χ3n) is 5.68. The van der Waals surface area contributed by atoms with Crippen LogP contribution in [0, 0.1) is 12.8 Å². The van der Waals surface area contributed by atoms with E-state index in [0.717, 1.165) is 47.8 Å². The topological polar surface area (TPSA) is 67.7 Å². The fourth-order valence-corrected chi connectivity index (χ4v) is 4.13. The van der Waals surface area contributed by atoms with Crippen LogP contribution in [0.25, 0.3) is 0 Å². The maximum atomic E-state index is 10.5. The van der Waals surface area contributed by atoms with Gasteiger partial charge in [-0.3, -0.25) is 14.9 Å². The van der Waals surface area contributed by atoms with Crippen molar-refractivity contribution in [1.29, 1.82) is 0 Å². The van der Waals surface area contributed by atoms with Crippen LogP contribution in [0.2, 0.25) is 0 Å². The summed E-state index contributed by atoms with van der Waals surface area (Å²) in [7, 11) is 1.66. The van der Waals surface area contributed by atoms with E-state index >= 15 is 0 Å². The van der Waals surface area contributed by atoms with Gasteiger partial charge < -0.3 is 14.6 Å². The number of hydrogen-bond donors (Lipinski definition) is 1. The fourth-order valence-electron chi connectivity index (χ4n) is 4.13. The van der Waals surface area contributed by atoms with Crippen LogP contribution in [0.15, 0.2) is 61.1 Å². The molecule has 1 aliphatic heterocycles. The van der Waals surface area contributed by atoms with Gasteiger partial charge in [-0.05, 0) is 36.6 Å². The number of benzene rings is 2. The summed E-state index contributed by atoms with van der Waals surface area (Å²) in [5.74, 6) is 1.62. The molecule has 4 rings (SSSR count). The number of likely N-dealkylation sites (tertiary alicyclic amines) is 1. The van der Waals surface area contributed by atoms with Crippen LogP contribution in [0.5, 0.6) is 11.5 Å². The minimum atomic E-state index is -0.360. The Balaban J connectivity index is 1.36. The lowest BCUT2D eigenvalue weighted by Crippen LogP contribution is -2.21. The zero-order valence-electron chi connectivity index (χ0n) is 18.1. The van der Waals surface area contributed by atoms with Crippen LogP contribution < -0.4 is 9.47 Å². The zero-order chi connectivity index (χ0) is 21.6. The highest BCUT2D eigenvalue weighted by atomic mass is 16.5. The van der Waals surface area contributed by atoms with Crippen molar-refractivity contribution in [2.45, 2.75) is 32.6 Å². The minimum absolute atomic E-state index is 0.163. The molecule has 0 aliphatic carbocycles. The van der Waals surface area contributed by atoms with E-state index in [1.807, 2.05) is 18.2 Å². The molecule has 162 valence electrons. The summed E-state index contributed by atoms with van der Waals surface area (Å²) < 4.78 is 11.6. The summed E-state index contributed by atoms with van der Waals surface area (Å²) in [6.07, 6.45) is 5.52. The van der Waals surface area contributed by atoms with Crippen molar-refractivity contribution in [3.63, 3.8) is 0 Å². The molecule has 0 saturated carbocycles. The van der Waals surface area contributed by atoms with Crippen LogP contribution in [-0.4, -0.2) is 46.3 Å². The second-order valence-corrected chi connectivity index (χ2v) is 8.19. The first-order valence-electron chi connectivity index (χ1n) is 10.6. The van der Waals surface area contributed by atoms with Crippen molar-refractivity contribution in [3.8, 4) is 11.5 Å². The lowest BCUT2D eigenvalue weighted by molar-refractivity contribution is 0.140. The molecule has 2 heterocycles. The molecular weight excluding hydrogens is 390 g/mol. The summed E-state index contributed by atoms with van der Waals surface area (Å²) >= 11 is 0. The highest BCUT2D eigenvalue weighted by Gasteiger charge is 2.31. The Morgan fingerprint density at radius 2 is 1.97 bits per heavy atom. The van der Waals surface area contributed by atoms with Gasteiger partial charge in [-0.25, -0.2) is 0 Å². The highest BCUT2D eigenvalue weighted by Crippen LogP contribution is 2.30. The first-order chi connectivity index (χ1) is 15.1. The standard InChI is InChI=1S/C25H29N3O3/c1-18-4-3-5-20(10-18)17-31-24-7-6-19(11-25(24)30-2)14-28-15-21(23(29)16-28)12-22-13-26-8-9-27-22/h3-11,13,21,23,29H,12,14-17H2,1-2H3/t21-,23-/m1/s1. The average molecular weight is 420 g/mol. The molecule has 2 aromatic carbocycles. The van der Waals surface area contributed by atoms with Crippen molar-refractivity contribution in [2.24, 2.45) is 5.92 Å². The molecule has 0 bridgehead atoms. The second kappa shape index (κ2) is 9.90. The van der Waals surface area contributed by atoms with Gasteiger partial charge in [0.2, 0.25) is 0 Å². The smallest absolute Gasteiger partial charge is 0.161 e. The van der Waals surface area contributed by atoms with Gasteiger partial charge in [0.05, 0.1) is 18.9 Å². The normalized spacial score (nSPS) is 18.8. The number of ether oxygens (including phenoxy) is 2. The number of nitrogens with zero attached hydrogens (tertiary/aromatic N) is 3. The quantitative estimate of drug-likeness (QED) is 0.604. The van der Waals surface area contributed by atoms with E-state index in [-0.39, 0.29) is 12.0 Å². The van der Waals surface area contributed by atoms with Gasteiger partial charge in [0, 0.05) is 44.1 Å². The molecule has 1 aliphatic rings. The van der Waals surface area contributed by atoms with Gasteiger partial charge in [0.25, 0.3) is 0 Å². The number of rotatable bonds is 8. The van der Waals surface area contributed by atoms with Gasteiger partial charge in [-0.2, -0.15) is 0 Å². The highest BCUT2D eigenvalue weighted by molar-refractivity contribution is 5.43. The number of β-amino-alcohol motifs (C(OH)–C–C–N with tert-alkyl or cyclic N) is 1. The molecule has 6 heteroatoms. The predicted octanol–water partition coefficient (Wildman–Crippen LogP) is 3.41. The summed E-state index contributed by atoms with van der Waals surface area (Å²) in [5, 5.41) is 10.5. The molecule has 2 atom stereocenters. The van der Waals surface area contributed by atoms with Crippen molar-refractivity contribution in [3.05, 3.63) is 83.4 Å². The third-order valence-corrected chi connectivity index (χ3v) is 5.68. The van der Waals surface area contributed by atoms with E-state index in [1.54, 1.807) is 25.7 Å². The summed E-state index contributed by atoms with van der Waals surface area (Å²) in [6, 6.07) is 14.3. The molecule has 0 amide bonds. The fraction of sp³-hybridized carbons (Fsp3) is 0.360. The van der Waals surface area contributed by atoms with Crippen LogP contribution in [0.1, 0.15) is 22.4 Å². The monoisotopic (exact) mass is 419 g/mol. The zero-order valence-corrected chi connectivity index (χ0v) is 18.1. The number of aryl methyl sites for hydroxylation is 1. The van der Waals surface area contributed by atoms with Gasteiger partial charge in [0.1, 0.15) is 6.61 Å². The third kappa shape index (κ3) is 5.60. The summed E-state index contributed by atoms with van der Waals surface area (Å²) in [4.78, 5) is 10.7. The van der Waals surface area contributed by atoms with Crippen molar-refractivity contribution in [2.75, 3.05) is 20.2 Å². The van der Waals surface area contributed by atoms with E-state index < -0.39 is 0 Å². The molecule has 0 unspecified atom stereocenters. The second-order valence-electron chi connectivity index (χ2n) is 8.19. The Hall–Kier alpha value is -2.96. The van der Waals surface area contributed by atoms with Crippen molar-refractivity contribution < 1.29 is 14.6 Å². The minimum Gasteiger partial charge on any atom is -0.493 e. The Labute approximate surface area is 183 Å². The Bertz CT molecular complexity index is 996. The van der Waals surface area contributed by atoms with Crippen LogP contribution in [0.4, 0.5) is 0 Å². The van der Waals surface area contributed by atoms with Crippen molar-refractivity contribution in [1.82, 2.24) is 14.9 Å². The molecule has 0 radical (unpaired) electrons. The molecular formula is C25H29N3O3. The molecule has 1 aromatic heterocycles. The maximum absolute atomic E-state index is 10.5. The number of hydrogen-bond acceptors (Lipinski definition) is 6. The molecule has 1 fully saturated rings. The van der Waals surface area contributed by atoms with E-state index in [1.165, 1.54) is 5.56 Å². The number of methoxy groups -OCH3 is 1. The van der Waals surface area contributed by atoms with Gasteiger partial charge in [-0.1, -0.05) is 35.9 Å². The Morgan fingerprint density at radius 1 is 1.06 bits per heavy atom. The molecule has 6 nitrogen and oxygen atoms in total. The van der Waals surface area contributed by atoms with E-state index in [0.29, 0.717) is 13.2 Å². The molecule has 1 saturated heterocycles. The molecule has 0 spiro atoms. The predicted molar refractivity (Wildman–Crippen MR) is 119 cm³/mol. The number of aliphatic hydroxyl groups is 1. The first kappa shape index (κ1) is 21.3. The van der Waals surface area contributed by atoms with Gasteiger partial charge in [-0.15, -0.1) is 0 Å². The van der Waals surface area contributed by atoms with Crippen LogP contribution >= 0.6 is 0 Å². The van der Waals surface area contributed by atoms with Gasteiger partial charge >= 0.3 is 0 Å². The van der Waals surface area contributed by atoms with E-state index in [2.05, 4.69) is 46.1 Å².